The Morgan fingerprint density at radius 3 is 2.69 bits per heavy atom. The van der Waals surface area contributed by atoms with Crippen LogP contribution in [-0.2, 0) is 0 Å². The summed E-state index contributed by atoms with van der Waals surface area (Å²) in [7, 11) is 0. The third kappa shape index (κ3) is 2.56. The molecular formula is C8H5N4NaO2S. The average Bonchev–Trinajstić information content (AvgIpc) is 2.65. The van der Waals surface area contributed by atoms with Crippen LogP contribution < -0.4 is 34.7 Å². The molecule has 2 aromatic rings. The molecule has 6 nitrogen and oxygen atoms in total. The topological polar surface area (TPSA) is 86.6 Å². The Hall–Kier alpha value is -1.02. The average molecular weight is 244 g/mol. The van der Waals surface area contributed by atoms with E-state index in [1.54, 1.807) is 18.2 Å². The molecule has 0 fully saturated rings. The van der Waals surface area contributed by atoms with Crippen molar-refractivity contribution in [1.82, 2.24) is 20.2 Å². The fourth-order valence-corrected chi connectivity index (χ4v) is 1.28. The van der Waals surface area contributed by atoms with Gasteiger partial charge in [0.05, 0.1) is 11.7 Å². The number of hydrogen-bond donors (Lipinski definition) is 1. The maximum absolute atomic E-state index is 10.8. The molecule has 16 heavy (non-hydrogen) atoms. The van der Waals surface area contributed by atoms with Crippen molar-refractivity contribution in [3.8, 4) is 5.69 Å². The van der Waals surface area contributed by atoms with Gasteiger partial charge in [0, 0.05) is 5.56 Å². The molecular weight excluding hydrogens is 239 g/mol. The van der Waals surface area contributed by atoms with Crippen molar-refractivity contribution in [3.63, 3.8) is 0 Å². The van der Waals surface area contributed by atoms with Crippen LogP contribution in [0.4, 0.5) is 0 Å². The number of aromatic nitrogens is 4. The molecule has 0 aliphatic heterocycles. The second-order valence-corrected chi connectivity index (χ2v) is 3.11. The van der Waals surface area contributed by atoms with Crippen molar-refractivity contribution in [1.29, 1.82) is 0 Å². The van der Waals surface area contributed by atoms with Gasteiger partial charge in [0.2, 0.25) is 4.77 Å². The van der Waals surface area contributed by atoms with Crippen LogP contribution in [0.15, 0.2) is 24.3 Å². The summed E-state index contributed by atoms with van der Waals surface area (Å²) in [5.41, 5.74) is 0.356. The molecule has 0 amide bonds. The van der Waals surface area contributed by atoms with Gasteiger partial charge in [-0.2, -0.15) is 4.80 Å². The van der Waals surface area contributed by atoms with Gasteiger partial charge in [0.15, 0.2) is 0 Å². The number of para-hydroxylation sites is 1. The minimum Gasteiger partial charge on any atom is -0.545 e. The Morgan fingerprint density at radius 2 is 2.12 bits per heavy atom. The molecule has 1 heterocycles. The number of tetrazole rings is 1. The minimum absolute atomic E-state index is 0. The predicted molar refractivity (Wildman–Crippen MR) is 50.9 cm³/mol. The number of rotatable bonds is 2. The number of aromatic amines is 1. The van der Waals surface area contributed by atoms with Crippen LogP contribution in [0, 0.1) is 4.77 Å². The number of carbonyl (C=O) groups is 1. The molecule has 1 aromatic heterocycles. The molecule has 0 unspecified atom stereocenters. The SMILES string of the molecule is O=C([O-])c1ccccc1-n1nnc(=S)[nH]1.[Na+]. The smallest absolute Gasteiger partial charge is 0.545 e. The quantitative estimate of drug-likeness (QED) is 0.441. The summed E-state index contributed by atoms with van der Waals surface area (Å²) in [5, 5.41) is 20.6. The molecule has 8 heteroatoms. The van der Waals surface area contributed by atoms with E-state index in [9.17, 15) is 9.90 Å². The summed E-state index contributed by atoms with van der Waals surface area (Å²) in [5.74, 6) is -1.28. The van der Waals surface area contributed by atoms with Gasteiger partial charge in [-0.1, -0.05) is 23.3 Å². The third-order valence-corrected chi connectivity index (χ3v) is 1.95. The van der Waals surface area contributed by atoms with Crippen LogP contribution in [0.3, 0.4) is 0 Å². The van der Waals surface area contributed by atoms with E-state index < -0.39 is 5.97 Å². The molecule has 0 spiro atoms. The summed E-state index contributed by atoms with van der Waals surface area (Å²) in [6, 6.07) is 6.27. The zero-order valence-corrected chi connectivity index (χ0v) is 11.2. The fourth-order valence-electron chi connectivity index (χ4n) is 1.16. The number of nitrogens with zero attached hydrogens (tertiary/aromatic N) is 3. The van der Waals surface area contributed by atoms with E-state index in [1.165, 1.54) is 10.9 Å². The van der Waals surface area contributed by atoms with Gasteiger partial charge < -0.3 is 9.90 Å². The Bertz CT molecular complexity index is 565. The normalized spacial score (nSPS) is 9.50. The van der Waals surface area contributed by atoms with Gasteiger partial charge in [-0.25, -0.2) is 5.10 Å². The van der Waals surface area contributed by atoms with Crippen molar-refractivity contribution < 1.29 is 39.5 Å². The molecule has 0 bridgehead atoms. The Kier molecular flexibility index (Phi) is 4.36. The molecule has 0 aliphatic carbocycles. The second-order valence-electron chi connectivity index (χ2n) is 2.72. The molecule has 2 rings (SSSR count). The number of benzene rings is 1. The minimum atomic E-state index is -1.28. The van der Waals surface area contributed by atoms with E-state index >= 15 is 0 Å². The van der Waals surface area contributed by atoms with Crippen LogP contribution in [0.5, 0.6) is 0 Å². The van der Waals surface area contributed by atoms with Gasteiger partial charge in [-0.05, 0) is 23.5 Å². The van der Waals surface area contributed by atoms with E-state index in [4.69, 9.17) is 12.2 Å². The van der Waals surface area contributed by atoms with E-state index in [2.05, 4.69) is 15.4 Å². The van der Waals surface area contributed by atoms with Crippen LogP contribution in [0.1, 0.15) is 10.4 Å². The van der Waals surface area contributed by atoms with E-state index in [-0.39, 0.29) is 39.9 Å². The number of carbonyl (C=O) groups excluding carboxylic acids is 1. The molecule has 1 N–H and O–H groups in total. The Labute approximate surface area is 118 Å². The molecule has 0 radical (unpaired) electrons. The molecule has 76 valence electrons. The largest absolute Gasteiger partial charge is 1.00 e. The van der Waals surface area contributed by atoms with Crippen molar-refractivity contribution in [2.24, 2.45) is 0 Å². The van der Waals surface area contributed by atoms with Crippen molar-refractivity contribution in [3.05, 3.63) is 34.6 Å². The summed E-state index contributed by atoms with van der Waals surface area (Å²) >= 11 is 4.73. The first kappa shape index (κ1) is 13.0. The first-order valence-corrected chi connectivity index (χ1v) is 4.42. The standard InChI is InChI=1S/C8H6N4O2S.Na/c13-7(14)5-3-1-2-4-6(5)12-10-8(15)9-11-12;/h1-4H,(H,10,15)(H,13,14);/q;+1/p-1. The maximum atomic E-state index is 10.8. The second kappa shape index (κ2) is 5.35. The molecule has 0 aliphatic rings. The zero-order chi connectivity index (χ0) is 10.8. The van der Waals surface area contributed by atoms with E-state index in [1.807, 2.05) is 0 Å². The Balaban J connectivity index is 0.00000128. The van der Waals surface area contributed by atoms with Crippen LogP contribution >= 0.6 is 12.2 Å². The molecule has 0 atom stereocenters. The number of carboxylic acids is 1. The van der Waals surface area contributed by atoms with Crippen LogP contribution in [0.2, 0.25) is 0 Å². The summed E-state index contributed by atoms with van der Waals surface area (Å²) in [4.78, 5) is 12.0. The predicted octanol–water partition coefficient (Wildman–Crippen LogP) is -3.31. The molecule has 0 saturated heterocycles. The van der Waals surface area contributed by atoms with Crippen molar-refractivity contribution in [2.45, 2.75) is 0 Å². The van der Waals surface area contributed by atoms with E-state index in [0.717, 1.165) is 0 Å². The van der Waals surface area contributed by atoms with Gasteiger partial charge in [0.25, 0.3) is 0 Å². The number of aromatic carboxylic acids is 1. The van der Waals surface area contributed by atoms with E-state index in [0.29, 0.717) is 5.69 Å². The first-order chi connectivity index (χ1) is 7.18. The number of carboxylic acid groups (broad SMARTS) is 1. The van der Waals surface area contributed by atoms with Crippen LogP contribution in [-0.4, -0.2) is 26.2 Å². The number of hydrogen-bond acceptors (Lipinski definition) is 5. The fraction of sp³-hybridized carbons (Fsp3) is 0. The molecule has 0 saturated carbocycles. The van der Waals surface area contributed by atoms with Gasteiger partial charge in [0.1, 0.15) is 0 Å². The maximum Gasteiger partial charge on any atom is 1.00 e. The van der Waals surface area contributed by atoms with Gasteiger partial charge in [-0.15, -0.1) is 0 Å². The number of H-pyrrole nitrogens is 1. The van der Waals surface area contributed by atoms with Gasteiger partial charge >= 0.3 is 29.6 Å². The van der Waals surface area contributed by atoms with Crippen molar-refractivity contribution >= 4 is 18.2 Å². The summed E-state index contributed by atoms with van der Waals surface area (Å²) in [6.45, 7) is 0. The monoisotopic (exact) mass is 244 g/mol. The number of nitrogens with one attached hydrogen (secondary N) is 1. The summed E-state index contributed by atoms with van der Waals surface area (Å²) in [6.07, 6.45) is 0. The van der Waals surface area contributed by atoms with Gasteiger partial charge in [-0.3, -0.25) is 0 Å². The zero-order valence-electron chi connectivity index (χ0n) is 8.38. The first-order valence-electron chi connectivity index (χ1n) is 4.01. The Morgan fingerprint density at radius 1 is 1.44 bits per heavy atom. The molecule has 1 aromatic carbocycles. The third-order valence-electron chi connectivity index (χ3n) is 1.78. The van der Waals surface area contributed by atoms with Crippen molar-refractivity contribution in [2.75, 3.05) is 0 Å². The summed E-state index contributed by atoms with van der Waals surface area (Å²) < 4.78 is 0.183. The van der Waals surface area contributed by atoms with Crippen LogP contribution in [0.25, 0.3) is 5.69 Å².